The first-order valence-electron chi connectivity index (χ1n) is 12.8. The van der Waals surface area contributed by atoms with Crippen molar-refractivity contribution in [2.45, 2.75) is 39.8 Å². The topological polar surface area (TPSA) is 16.6 Å². The predicted molar refractivity (Wildman–Crippen MR) is 145 cm³/mol. The molecule has 0 aliphatic heterocycles. The molecule has 4 heteroatoms. The molecule has 4 heterocycles. The average Bonchev–Trinajstić information content (AvgIpc) is 3.38. The molecule has 0 radical (unpaired) electrons. The largest absolute Gasteiger partial charge is 0.286 e. The highest BCUT2D eigenvalue weighted by molar-refractivity contribution is 5.62. The Bertz CT molecular complexity index is 1520. The zero-order valence-electron chi connectivity index (χ0n) is 21.0. The first-order chi connectivity index (χ1) is 17.7. The number of hydrogen-bond donors (Lipinski definition) is 0. The van der Waals surface area contributed by atoms with Crippen molar-refractivity contribution < 1.29 is 9.13 Å². The fourth-order valence-corrected chi connectivity index (χ4v) is 5.64. The standard InChI is InChI=1S/C32H32N4/c1-25-31(27-15-5-3-6-16-27)35(29-19-9-11-21-33(25)29)23-13-14-24-36-30-20-10-12-22-34(30)26(2)32(36)28-17-7-4-8-18-28/h3-12,15-22H,13-14,23-24H2,1-2H3/q+2. The second kappa shape index (κ2) is 9.46. The SMILES string of the molecule is Cc1c(-c2ccccc2)[n+](CCCC[n+]2c(-c3ccccc3)c(C)n3ccccc32)c2ccccn12. The van der Waals surface area contributed by atoms with Crippen LogP contribution in [-0.4, -0.2) is 8.80 Å². The van der Waals surface area contributed by atoms with Crippen molar-refractivity contribution in [1.29, 1.82) is 0 Å². The number of fused-ring (bicyclic) bond motifs is 2. The van der Waals surface area contributed by atoms with Gasteiger partial charge in [0.1, 0.15) is 0 Å². The monoisotopic (exact) mass is 472 g/mol. The lowest BCUT2D eigenvalue weighted by molar-refractivity contribution is -0.672. The van der Waals surface area contributed by atoms with E-state index in [1.165, 1.54) is 45.2 Å². The van der Waals surface area contributed by atoms with Gasteiger partial charge in [-0.1, -0.05) is 72.8 Å². The molecule has 0 N–H and O–H groups in total. The molecule has 0 fully saturated rings. The number of imidazole rings is 2. The van der Waals surface area contributed by atoms with Gasteiger partial charge in [-0.3, -0.25) is 0 Å². The highest BCUT2D eigenvalue weighted by Gasteiger charge is 2.25. The Morgan fingerprint density at radius 1 is 0.500 bits per heavy atom. The predicted octanol–water partition coefficient (Wildman–Crippen LogP) is 6.20. The van der Waals surface area contributed by atoms with Crippen molar-refractivity contribution in [1.82, 2.24) is 8.80 Å². The maximum atomic E-state index is 2.50. The molecule has 0 aliphatic carbocycles. The summed E-state index contributed by atoms with van der Waals surface area (Å²) in [5.41, 5.74) is 10.2. The normalized spacial score (nSPS) is 11.5. The quantitative estimate of drug-likeness (QED) is 0.194. The minimum Gasteiger partial charge on any atom is -0.223 e. The van der Waals surface area contributed by atoms with E-state index >= 15 is 0 Å². The van der Waals surface area contributed by atoms with Crippen molar-refractivity contribution in [3.8, 4) is 22.5 Å². The third-order valence-corrected chi connectivity index (χ3v) is 7.29. The highest BCUT2D eigenvalue weighted by Crippen LogP contribution is 2.24. The second-order valence-electron chi connectivity index (χ2n) is 9.47. The Labute approximate surface area is 212 Å². The van der Waals surface area contributed by atoms with E-state index in [0.717, 1.165) is 25.9 Å². The summed E-state index contributed by atoms with van der Waals surface area (Å²) in [6.07, 6.45) is 6.54. The van der Waals surface area contributed by atoms with E-state index in [-0.39, 0.29) is 0 Å². The van der Waals surface area contributed by atoms with Crippen LogP contribution in [0.15, 0.2) is 109 Å². The molecule has 36 heavy (non-hydrogen) atoms. The van der Waals surface area contributed by atoms with Gasteiger partial charge in [0, 0.05) is 37.1 Å². The first kappa shape index (κ1) is 22.3. The lowest BCUT2D eigenvalue weighted by Gasteiger charge is -2.06. The Morgan fingerprint density at radius 2 is 0.889 bits per heavy atom. The molecule has 0 bridgehead atoms. The van der Waals surface area contributed by atoms with E-state index in [4.69, 9.17) is 0 Å². The molecule has 2 aromatic carbocycles. The van der Waals surface area contributed by atoms with Gasteiger partial charge < -0.3 is 0 Å². The minimum absolute atomic E-state index is 0.984. The summed E-state index contributed by atoms with van der Waals surface area (Å²) in [6.45, 7) is 6.42. The Balaban J connectivity index is 1.31. The van der Waals surface area contributed by atoms with E-state index < -0.39 is 0 Å². The molecule has 0 saturated carbocycles. The van der Waals surface area contributed by atoms with Gasteiger partial charge in [-0.25, -0.2) is 9.13 Å². The molecule has 0 atom stereocenters. The van der Waals surface area contributed by atoms with Crippen LogP contribution in [0.3, 0.4) is 0 Å². The van der Waals surface area contributed by atoms with Gasteiger partial charge in [-0.2, -0.15) is 8.80 Å². The molecule has 4 aromatic heterocycles. The summed E-state index contributed by atoms with van der Waals surface area (Å²) in [4.78, 5) is 0. The fourth-order valence-electron chi connectivity index (χ4n) is 5.64. The van der Waals surface area contributed by atoms with Crippen LogP contribution < -0.4 is 9.13 Å². The third-order valence-electron chi connectivity index (χ3n) is 7.29. The number of pyridine rings is 2. The van der Waals surface area contributed by atoms with Crippen LogP contribution in [0.2, 0.25) is 0 Å². The van der Waals surface area contributed by atoms with Gasteiger partial charge >= 0.3 is 0 Å². The molecule has 0 aliphatic rings. The van der Waals surface area contributed by atoms with Gasteiger partial charge in [0.05, 0.1) is 25.5 Å². The summed E-state index contributed by atoms with van der Waals surface area (Å²) >= 11 is 0. The summed E-state index contributed by atoms with van der Waals surface area (Å²) in [5, 5.41) is 0. The van der Waals surface area contributed by atoms with Gasteiger partial charge in [-0.05, 0) is 25.0 Å². The number of aromatic nitrogens is 4. The van der Waals surface area contributed by atoms with Gasteiger partial charge in [-0.15, -0.1) is 0 Å². The smallest absolute Gasteiger partial charge is 0.223 e. The van der Waals surface area contributed by atoms with Crippen molar-refractivity contribution in [3.05, 3.63) is 121 Å². The molecule has 178 valence electrons. The van der Waals surface area contributed by atoms with E-state index in [2.05, 4.69) is 141 Å². The van der Waals surface area contributed by atoms with Crippen LogP contribution in [0, 0.1) is 13.8 Å². The van der Waals surface area contributed by atoms with Crippen LogP contribution in [-0.2, 0) is 13.1 Å². The second-order valence-corrected chi connectivity index (χ2v) is 9.47. The van der Waals surface area contributed by atoms with Crippen LogP contribution in [0.1, 0.15) is 24.2 Å². The third kappa shape index (κ3) is 3.79. The maximum absolute atomic E-state index is 2.50. The lowest BCUT2D eigenvalue weighted by Crippen LogP contribution is -2.38. The van der Waals surface area contributed by atoms with E-state index in [0.29, 0.717) is 0 Å². The number of hydrogen-bond acceptors (Lipinski definition) is 0. The van der Waals surface area contributed by atoms with Crippen molar-refractivity contribution in [2.24, 2.45) is 0 Å². The number of benzene rings is 2. The van der Waals surface area contributed by atoms with Crippen LogP contribution >= 0.6 is 0 Å². The van der Waals surface area contributed by atoms with Crippen molar-refractivity contribution >= 4 is 11.3 Å². The Kier molecular flexibility index (Phi) is 5.86. The highest BCUT2D eigenvalue weighted by atomic mass is 15.1. The molecular formula is C32H32N4+2. The number of rotatable bonds is 7. The van der Waals surface area contributed by atoms with E-state index in [9.17, 15) is 0 Å². The van der Waals surface area contributed by atoms with Gasteiger partial charge in [0.2, 0.25) is 0 Å². The summed E-state index contributed by atoms with van der Waals surface area (Å²) in [6, 6.07) is 34.5. The summed E-state index contributed by atoms with van der Waals surface area (Å²) in [5.74, 6) is 0. The van der Waals surface area contributed by atoms with Gasteiger partial charge in [0.25, 0.3) is 11.3 Å². The van der Waals surface area contributed by atoms with Crippen molar-refractivity contribution in [3.63, 3.8) is 0 Å². The lowest BCUT2D eigenvalue weighted by atomic mass is 10.1. The Morgan fingerprint density at radius 3 is 1.31 bits per heavy atom. The summed E-state index contributed by atoms with van der Waals surface area (Å²) in [7, 11) is 0. The molecule has 6 aromatic rings. The Hall–Kier alpha value is -4.18. The maximum Gasteiger partial charge on any atom is 0.286 e. The van der Waals surface area contributed by atoms with E-state index in [1.54, 1.807) is 0 Å². The zero-order valence-corrected chi connectivity index (χ0v) is 21.0. The number of unbranched alkanes of at least 4 members (excludes halogenated alkanes) is 1. The molecule has 6 rings (SSSR count). The summed E-state index contributed by atoms with van der Waals surface area (Å²) < 4.78 is 9.62. The fraction of sp³-hybridized carbons (Fsp3) is 0.188. The van der Waals surface area contributed by atoms with E-state index in [1.807, 2.05) is 0 Å². The molecule has 0 saturated heterocycles. The molecule has 0 unspecified atom stereocenters. The van der Waals surface area contributed by atoms with Crippen LogP contribution in [0.5, 0.6) is 0 Å². The molecule has 4 nitrogen and oxygen atoms in total. The first-order valence-corrected chi connectivity index (χ1v) is 12.8. The number of nitrogens with zero attached hydrogens (tertiary/aromatic N) is 4. The minimum atomic E-state index is 0.984. The average molecular weight is 473 g/mol. The molecular weight excluding hydrogens is 440 g/mol. The van der Waals surface area contributed by atoms with Gasteiger partial charge in [0.15, 0.2) is 22.8 Å². The van der Waals surface area contributed by atoms with Crippen molar-refractivity contribution in [2.75, 3.05) is 0 Å². The number of aryl methyl sites for hydroxylation is 4. The van der Waals surface area contributed by atoms with Crippen LogP contribution in [0.4, 0.5) is 0 Å². The zero-order chi connectivity index (χ0) is 24.5. The molecule has 0 amide bonds. The van der Waals surface area contributed by atoms with Crippen LogP contribution in [0.25, 0.3) is 33.8 Å². The molecule has 0 spiro atoms.